The van der Waals surface area contributed by atoms with Crippen LogP contribution in [0.25, 0.3) is 21.3 Å². The second kappa shape index (κ2) is 8.70. The molecule has 0 bridgehead atoms. The highest BCUT2D eigenvalue weighted by Crippen LogP contribution is 2.30. The van der Waals surface area contributed by atoms with Gasteiger partial charge in [-0.2, -0.15) is 4.98 Å². The molecule has 7 nitrogen and oxygen atoms in total. The maximum Gasteiger partial charge on any atom is 0.265 e. The predicted molar refractivity (Wildman–Crippen MR) is 121 cm³/mol. The number of amides is 1. The molecule has 3 aromatic heterocycles. The maximum absolute atomic E-state index is 12.9. The molecule has 1 unspecified atom stereocenters. The Labute approximate surface area is 188 Å². The fourth-order valence-electron chi connectivity index (χ4n) is 3.62. The molecule has 1 atom stereocenters. The molecule has 0 N–H and O–H groups in total. The lowest BCUT2D eigenvalue weighted by molar-refractivity contribution is 0.0555. The number of aromatic nitrogens is 3. The summed E-state index contributed by atoms with van der Waals surface area (Å²) >= 11 is 3.09. The lowest BCUT2D eigenvalue weighted by Gasteiger charge is -2.36. The second-order valence-electron chi connectivity index (χ2n) is 7.33. The van der Waals surface area contributed by atoms with Crippen LogP contribution in [0.1, 0.15) is 28.5 Å². The largest absolute Gasteiger partial charge is 0.337 e. The molecule has 5 rings (SSSR count). The zero-order valence-corrected chi connectivity index (χ0v) is 18.6. The van der Waals surface area contributed by atoms with Crippen molar-refractivity contribution in [2.45, 2.75) is 13.0 Å². The average molecular weight is 452 g/mol. The molecule has 1 aromatic carbocycles. The molecule has 0 spiro atoms. The highest BCUT2D eigenvalue weighted by Gasteiger charge is 2.29. The number of carbonyl (C=O) groups excluding carboxylic acids is 1. The van der Waals surface area contributed by atoms with Crippen molar-refractivity contribution in [3.8, 4) is 21.3 Å². The van der Waals surface area contributed by atoms with Crippen molar-refractivity contribution in [3.63, 3.8) is 0 Å². The number of carbonyl (C=O) groups is 1. The summed E-state index contributed by atoms with van der Waals surface area (Å²) < 4.78 is 5.53. The number of hydrogen-bond acceptors (Lipinski definition) is 8. The van der Waals surface area contributed by atoms with Gasteiger partial charge in [0.2, 0.25) is 11.7 Å². The lowest BCUT2D eigenvalue weighted by atomic mass is 10.2. The molecule has 1 amide bonds. The fourth-order valence-corrected chi connectivity index (χ4v) is 5.31. The minimum Gasteiger partial charge on any atom is -0.337 e. The van der Waals surface area contributed by atoms with E-state index >= 15 is 0 Å². The third-order valence-electron chi connectivity index (χ3n) is 5.43. The van der Waals surface area contributed by atoms with E-state index < -0.39 is 0 Å². The molecule has 31 heavy (non-hydrogen) atoms. The molecular formula is C22H21N5O2S2. The van der Waals surface area contributed by atoms with Gasteiger partial charge in [-0.1, -0.05) is 41.6 Å². The van der Waals surface area contributed by atoms with Crippen molar-refractivity contribution < 1.29 is 9.32 Å². The standard InChI is InChI=1S/C22H21N5O2S2/c1-15(20-24-19(25-29-20)16-6-3-2-4-7-16)26-9-11-27(12-10-26)22(28)18-14-23-21(31-18)17-8-5-13-30-17/h2-8,13-15H,9-12H2,1H3. The van der Waals surface area contributed by atoms with Crippen LogP contribution in [0.5, 0.6) is 0 Å². The van der Waals surface area contributed by atoms with Crippen LogP contribution < -0.4 is 0 Å². The average Bonchev–Trinajstić information content (AvgIpc) is 3.60. The van der Waals surface area contributed by atoms with Crippen molar-refractivity contribution in [2.24, 2.45) is 0 Å². The van der Waals surface area contributed by atoms with Crippen LogP contribution in [0.2, 0.25) is 0 Å². The van der Waals surface area contributed by atoms with Crippen LogP contribution in [0.3, 0.4) is 0 Å². The van der Waals surface area contributed by atoms with E-state index in [-0.39, 0.29) is 11.9 Å². The quantitative estimate of drug-likeness (QED) is 0.447. The monoisotopic (exact) mass is 451 g/mol. The van der Waals surface area contributed by atoms with Crippen LogP contribution in [-0.4, -0.2) is 57.0 Å². The highest BCUT2D eigenvalue weighted by molar-refractivity contribution is 7.21. The first-order valence-electron chi connectivity index (χ1n) is 10.1. The highest BCUT2D eigenvalue weighted by atomic mass is 32.1. The van der Waals surface area contributed by atoms with Gasteiger partial charge in [-0.05, 0) is 18.4 Å². The van der Waals surface area contributed by atoms with E-state index in [1.807, 2.05) is 52.7 Å². The summed E-state index contributed by atoms with van der Waals surface area (Å²) in [5.74, 6) is 1.25. The van der Waals surface area contributed by atoms with Crippen LogP contribution in [-0.2, 0) is 0 Å². The number of piperazine rings is 1. The van der Waals surface area contributed by atoms with Crippen LogP contribution in [0, 0.1) is 0 Å². The van der Waals surface area contributed by atoms with Gasteiger partial charge in [-0.15, -0.1) is 22.7 Å². The number of thiophene rings is 1. The van der Waals surface area contributed by atoms with Gasteiger partial charge in [0.05, 0.1) is 17.1 Å². The van der Waals surface area contributed by atoms with Crippen LogP contribution in [0.4, 0.5) is 0 Å². The molecule has 9 heteroatoms. The molecule has 1 saturated heterocycles. The Morgan fingerprint density at radius 2 is 1.90 bits per heavy atom. The zero-order valence-electron chi connectivity index (χ0n) is 17.0. The molecule has 4 aromatic rings. The van der Waals surface area contributed by atoms with Crippen molar-refractivity contribution in [3.05, 3.63) is 64.8 Å². The zero-order chi connectivity index (χ0) is 21.2. The number of nitrogens with zero attached hydrogens (tertiary/aromatic N) is 5. The molecule has 0 aliphatic carbocycles. The van der Waals surface area contributed by atoms with Gasteiger partial charge < -0.3 is 9.42 Å². The van der Waals surface area contributed by atoms with Crippen LogP contribution >= 0.6 is 22.7 Å². The lowest BCUT2D eigenvalue weighted by Crippen LogP contribution is -2.49. The number of thiazole rings is 1. The van der Waals surface area contributed by atoms with Crippen molar-refractivity contribution in [2.75, 3.05) is 26.2 Å². The first-order chi connectivity index (χ1) is 15.2. The van der Waals surface area contributed by atoms with Crippen LogP contribution in [0.15, 0.2) is 58.6 Å². The molecule has 158 valence electrons. The van der Waals surface area contributed by atoms with E-state index in [0.29, 0.717) is 29.7 Å². The molecule has 1 fully saturated rings. The summed E-state index contributed by atoms with van der Waals surface area (Å²) in [7, 11) is 0. The van der Waals surface area contributed by atoms with Crippen molar-refractivity contribution >= 4 is 28.6 Å². The van der Waals surface area contributed by atoms with Gasteiger partial charge in [0.15, 0.2) is 0 Å². The van der Waals surface area contributed by atoms with E-state index in [9.17, 15) is 4.79 Å². The SMILES string of the molecule is CC(c1nc(-c2ccccc2)no1)N1CCN(C(=O)c2cnc(-c3cccs3)s2)CC1. The van der Waals surface area contributed by atoms with E-state index in [1.165, 1.54) is 11.3 Å². The Kier molecular flexibility index (Phi) is 5.63. The predicted octanol–water partition coefficient (Wildman–Crippen LogP) is 4.44. The van der Waals surface area contributed by atoms with Gasteiger partial charge in [0.25, 0.3) is 5.91 Å². The third kappa shape index (κ3) is 4.16. The first kappa shape index (κ1) is 20.0. The molecule has 1 aliphatic heterocycles. The van der Waals surface area contributed by atoms with E-state index in [2.05, 4.69) is 26.9 Å². The fraction of sp³-hybridized carbons (Fsp3) is 0.273. The Bertz CT molecular complexity index is 1150. The summed E-state index contributed by atoms with van der Waals surface area (Å²) in [6, 6.07) is 13.8. The smallest absolute Gasteiger partial charge is 0.265 e. The molecule has 0 radical (unpaired) electrons. The molecule has 4 heterocycles. The second-order valence-corrected chi connectivity index (χ2v) is 9.31. The summed E-state index contributed by atoms with van der Waals surface area (Å²) in [4.78, 5) is 27.9. The molecule has 1 aliphatic rings. The number of benzene rings is 1. The Balaban J connectivity index is 1.20. The van der Waals surface area contributed by atoms with Gasteiger partial charge in [0, 0.05) is 31.7 Å². The Morgan fingerprint density at radius 3 is 2.65 bits per heavy atom. The topological polar surface area (TPSA) is 75.4 Å². The summed E-state index contributed by atoms with van der Waals surface area (Å²) in [5, 5.41) is 7.04. The van der Waals surface area contributed by atoms with Gasteiger partial charge >= 0.3 is 0 Å². The first-order valence-corrected chi connectivity index (χ1v) is 11.8. The minimum atomic E-state index is -0.00366. The third-order valence-corrected chi connectivity index (χ3v) is 7.45. The maximum atomic E-state index is 12.9. The van der Waals surface area contributed by atoms with E-state index in [1.54, 1.807) is 17.5 Å². The number of hydrogen-bond donors (Lipinski definition) is 0. The van der Waals surface area contributed by atoms with Crippen molar-refractivity contribution in [1.82, 2.24) is 24.9 Å². The minimum absolute atomic E-state index is 0.00366. The van der Waals surface area contributed by atoms with Gasteiger partial charge in [0.1, 0.15) is 9.88 Å². The van der Waals surface area contributed by atoms with Gasteiger partial charge in [-0.3, -0.25) is 9.69 Å². The summed E-state index contributed by atoms with van der Waals surface area (Å²) in [6.45, 7) is 4.90. The molecular weight excluding hydrogens is 430 g/mol. The molecule has 0 saturated carbocycles. The van der Waals surface area contributed by atoms with E-state index in [4.69, 9.17) is 4.52 Å². The van der Waals surface area contributed by atoms with Crippen molar-refractivity contribution in [1.29, 1.82) is 0 Å². The summed E-state index contributed by atoms with van der Waals surface area (Å²) in [5.41, 5.74) is 0.937. The Hall–Kier alpha value is -2.88. The van der Waals surface area contributed by atoms with E-state index in [0.717, 1.165) is 28.5 Å². The van der Waals surface area contributed by atoms with Gasteiger partial charge in [-0.25, -0.2) is 4.98 Å². The normalized spacial score (nSPS) is 15.8. The number of rotatable bonds is 5. The summed E-state index contributed by atoms with van der Waals surface area (Å²) in [6.07, 6.45) is 1.70. The Morgan fingerprint density at radius 1 is 1.10 bits per heavy atom.